The predicted molar refractivity (Wildman–Crippen MR) is 75.2 cm³/mol. The first-order valence-corrected chi connectivity index (χ1v) is 6.74. The number of carbonyl (C=O) groups excluding carboxylic acids is 1. The summed E-state index contributed by atoms with van der Waals surface area (Å²) in [6, 6.07) is 1.64. The minimum absolute atomic E-state index is 0.168. The predicted octanol–water partition coefficient (Wildman–Crippen LogP) is 1.07. The first-order valence-electron chi connectivity index (χ1n) is 5.75. The molecule has 8 nitrogen and oxygen atoms in total. The zero-order valence-electron chi connectivity index (χ0n) is 10.9. The number of carbonyl (C=O) groups is 1. The summed E-state index contributed by atoms with van der Waals surface area (Å²) in [4.78, 5) is 11.7. The topological polar surface area (TPSA) is 112 Å². The Balaban J connectivity index is 1.91. The summed E-state index contributed by atoms with van der Waals surface area (Å²) < 4.78 is 6.53. The summed E-state index contributed by atoms with van der Waals surface area (Å²) in [7, 11) is 0. The number of hydrogen-bond donors (Lipinski definition) is 2. The highest BCUT2D eigenvalue weighted by Crippen LogP contribution is 2.18. The van der Waals surface area contributed by atoms with Crippen molar-refractivity contribution in [2.75, 3.05) is 16.8 Å². The maximum Gasteiger partial charge on any atom is 0.236 e. The van der Waals surface area contributed by atoms with Gasteiger partial charge in [-0.15, -0.1) is 16.8 Å². The van der Waals surface area contributed by atoms with Crippen LogP contribution in [0.15, 0.2) is 28.4 Å². The molecular formula is C11H14N6O2S. The number of rotatable bonds is 6. The van der Waals surface area contributed by atoms with Gasteiger partial charge in [-0.2, -0.15) is 0 Å². The Hall–Kier alpha value is -2.29. The van der Waals surface area contributed by atoms with Crippen molar-refractivity contribution in [1.82, 2.24) is 19.9 Å². The van der Waals surface area contributed by atoms with Gasteiger partial charge in [0.1, 0.15) is 5.76 Å². The maximum atomic E-state index is 11.7. The molecule has 0 aliphatic carbocycles. The number of nitrogens with one attached hydrogen (secondary N) is 1. The fourth-order valence-electron chi connectivity index (χ4n) is 1.44. The second-order valence-electron chi connectivity index (χ2n) is 3.90. The van der Waals surface area contributed by atoms with Gasteiger partial charge in [-0.25, -0.2) is 0 Å². The Morgan fingerprint density at radius 1 is 1.65 bits per heavy atom. The van der Waals surface area contributed by atoms with Crippen molar-refractivity contribution in [2.45, 2.75) is 18.6 Å². The number of amides is 1. The molecule has 0 aliphatic heterocycles. The summed E-state index contributed by atoms with van der Waals surface area (Å²) in [5, 5.41) is 14.5. The number of aromatic nitrogens is 4. The lowest BCUT2D eigenvalue weighted by Crippen LogP contribution is -2.15. The van der Waals surface area contributed by atoms with Crippen molar-refractivity contribution in [3.63, 3.8) is 0 Å². The van der Waals surface area contributed by atoms with Crippen LogP contribution in [0.1, 0.15) is 5.76 Å². The maximum absolute atomic E-state index is 11.7. The quantitative estimate of drug-likeness (QED) is 0.605. The van der Waals surface area contributed by atoms with E-state index in [-0.39, 0.29) is 11.7 Å². The Morgan fingerprint density at radius 3 is 3.10 bits per heavy atom. The van der Waals surface area contributed by atoms with Crippen LogP contribution in [0.25, 0.3) is 0 Å². The van der Waals surface area contributed by atoms with Crippen LogP contribution >= 0.6 is 11.8 Å². The molecule has 2 rings (SSSR count). The Morgan fingerprint density at radius 2 is 2.45 bits per heavy atom. The summed E-state index contributed by atoms with van der Waals surface area (Å²) in [6.07, 6.45) is 1.68. The lowest BCUT2D eigenvalue weighted by atomic mass is 10.5. The minimum Gasteiger partial charge on any atom is -0.368 e. The zero-order chi connectivity index (χ0) is 14.5. The van der Waals surface area contributed by atoms with Gasteiger partial charge >= 0.3 is 0 Å². The van der Waals surface area contributed by atoms with Crippen molar-refractivity contribution in [3.8, 4) is 0 Å². The molecule has 0 radical (unpaired) electrons. The Labute approximate surface area is 119 Å². The van der Waals surface area contributed by atoms with E-state index < -0.39 is 0 Å². The minimum atomic E-state index is -0.213. The third kappa shape index (κ3) is 3.38. The van der Waals surface area contributed by atoms with E-state index >= 15 is 0 Å². The van der Waals surface area contributed by atoms with Crippen molar-refractivity contribution in [2.24, 2.45) is 0 Å². The molecule has 0 unspecified atom stereocenters. The molecule has 106 valence electrons. The SMILES string of the molecule is C=CCn1c(N)nnc1SCC(=O)Nc1cc(C)on1. The Kier molecular flexibility index (Phi) is 4.41. The molecule has 0 saturated carbocycles. The molecule has 0 fully saturated rings. The average molecular weight is 294 g/mol. The van der Waals surface area contributed by atoms with Gasteiger partial charge in [0, 0.05) is 12.6 Å². The van der Waals surface area contributed by atoms with Crippen molar-refractivity contribution >= 4 is 29.4 Å². The molecule has 0 atom stereocenters. The van der Waals surface area contributed by atoms with Crippen LogP contribution in [0.2, 0.25) is 0 Å². The molecule has 0 aromatic carbocycles. The van der Waals surface area contributed by atoms with Crippen molar-refractivity contribution in [1.29, 1.82) is 0 Å². The fourth-order valence-corrected chi connectivity index (χ4v) is 2.20. The molecule has 9 heteroatoms. The average Bonchev–Trinajstić information content (AvgIpc) is 2.96. The molecule has 0 aliphatic rings. The fraction of sp³-hybridized carbons (Fsp3) is 0.273. The van der Waals surface area contributed by atoms with Gasteiger partial charge in [0.2, 0.25) is 11.9 Å². The number of hydrogen-bond acceptors (Lipinski definition) is 7. The van der Waals surface area contributed by atoms with E-state index in [9.17, 15) is 4.79 Å². The van der Waals surface area contributed by atoms with Crippen LogP contribution in [0, 0.1) is 6.92 Å². The third-order valence-corrected chi connectivity index (χ3v) is 3.25. The van der Waals surface area contributed by atoms with E-state index in [2.05, 4.69) is 27.2 Å². The van der Waals surface area contributed by atoms with Crippen LogP contribution in [0.3, 0.4) is 0 Å². The van der Waals surface area contributed by atoms with E-state index in [1.165, 1.54) is 11.8 Å². The largest absolute Gasteiger partial charge is 0.368 e. The smallest absolute Gasteiger partial charge is 0.236 e. The summed E-state index contributed by atoms with van der Waals surface area (Å²) in [5.74, 6) is 1.27. The van der Waals surface area contributed by atoms with Gasteiger partial charge in [-0.05, 0) is 6.92 Å². The molecule has 0 saturated heterocycles. The summed E-state index contributed by atoms with van der Waals surface area (Å²) in [6.45, 7) is 5.87. The van der Waals surface area contributed by atoms with Crippen molar-refractivity contribution < 1.29 is 9.32 Å². The number of aryl methyl sites for hydroxylation is 1. The first-order chi connectivity index (χ1) is 9.60. The molecule has 1 amide bonds. The molecule has 2 heterocycles. The highest BCUT2D eigenvalue weighted by molar-refractivity contribution is 7.99. The van der Waals surface area contributed by atoms with Crippen LogP contribution in [0.5, 0.6) is 0 Å². The van der Waals surface area contributed by atoms with E-state index in [1.807, 2.05) is 0 Å². The molecule has 3 N–H and O–H groups in total. The normalized spacial score (nSPS) is 10.4. The number of thioether (sulfide) groups is 1. The van der Waals surface area contributed by atoms with Crippen LogP contribution < -0.4 is 11.1 Å². The molecule has 20 heavy (non-hydrogen) atoms. The second kappa shape index (κ2) is 6.24. The molecular weight excluding hydrogens is 280 g/mol. The van der Waals surface area contributed by atoms with Crippen LogP contribution in [-0.4, -0.2) is 31.6 Å². The second-order valence-corrected chi connectivity index (χ2v) is 4.84. The summed E-state index contributed by atoms with van der Waals surface area (Å²) in [5.41, 5.74) is 5.67. The van der Waals surface area contributed by atoms with Crippen molar-refractivity contribution in [3.05, 3.63) is 24.5 Å². The number of allylic oxidation sites excluding steroid dienone is 1. The standard InChI is InChI=1S/C11H14N6O2S/c1-3-4-17-10(12)14-15-11(17)20-6-9(18)13-8-5-7(2)19-16-8/h3,5H,1,4,6H2,2H3,(H2,12,14)(H,13,16,18). The first kappa shape index (κ1) is 14.1. The van der Waals surface area contributed by atoms with Gasteiger partial charge in [0.05, 0.1) is 5.75 Å². The number of nitrogens with two attached hydrogens (primary N) is 1. The highest BCUT2D eigenvalue weighted by Gasteiger charge is 2.12. The zero-order valence-corrected chi connectivity index (χ0v) is 11.7. The molecule has 0 bridgehead atoms. The highest BCUT2D eigenvalue weighted by atomic mass is 32.2. The lowest BCUT2D eigenvalue weighted by molar-refractivity contribution is -0.113. The molecule has 0 spiro atoms. The van der Waals surface area contributed by atoms with Gasteiger partial charge in [-0.1, -0.05) is 23.0 Å². The van der Waals surface area contributed by atoms with Gasteiger partial charge in [0.25, 0.3) is 0 Å². The lowest BCUT2D eigenvalue weighted by Gasteiger charge is -2.04. The number of nitrogen functional groups attached to an aromatic ring is 1. The van der Waals surface area contributed by atoms with Gasteiger partial charge < -0.3 is 15.6 Å². The third-order valence-electron chi connectivity index (χ3n) is 2.28. The number of nitrogens with zero attached hydrogens (tertiary/aromatic N) is 4. The van der Waals surface area contributed by atoms with E-state index in [1.54, 1.807) is 23.6 Å². The Bertz CT molecular complexity index is 620. The van der Waals surface area contributed by atoms with Gasteiger partial charge in [0.15, 0.2) is 11.0 Å². The van der Waals surface area contributed by atoms with E-state index in [0.717, 1.165) is 0 Å². The molecule has 2 aromatic heterocycles. The van der Waals surface area contributed by atoms with Crippen LogP contribution in [-0.2, 0) is 11.3 Å². The van der Waals surface area contributed by atoms with E-state index in [0.29, 0.717) is 29.2 Å². The summed E-state index contributed by atoms with van der Waals surface area (Å²) >= 11 is 1.23. The van der Waals surface area contributed by atoms with Crippen LogP contribution in [0.4, 0.5) is 11.8 Å². The molecule has 2 aromatic rings. The number of anilines is 2. The van der Waals surface area contributed by atoms with E-state index in [4.69, 9.17) is 10.3 Å². The van der Waals surface area contributed by atoms with Gasteiger partial charge in [-0.3, -0.25) is 9.36 Å². The monoisotopic (exact) mass is 294 g/mol.